The van der Waals surface area contributed by atoms with E-state index in [0.29, 0.717) is 24.7 Å². The van der Waals surface area contributed by atoms with E-state index in [4.69, 9.17) is 4.74 Å². The number of hydrogen-bond donors (Lipinski definition) is 1. The third-order valence-electron chi connectivity index (χ3n) is 5.61. The highest BCUT2D eigenvalue weighted by molar-refractivity contribution is 5.46. The van der Waals surface area contributed by atoms with Gasteiger partial charge < -0.3 is 14.7 Å². The lowest BCUT2D eigenvalue weighted by Crippen LogP contribution is -2.46. The average Bonchev–Trinajstić information content (AvgIpc) is 2.92. The Labute approximate surface area is 168 Å². The number of rotatable bonds is 3. The standard InChI is InChI=1S/C20H18F6N2O2/c21-19(22,23)11-1-5-17(16(29)7-11)30-15-8-13-3-4-14(9-15)28(13)18-6-2-12(10-27-18)20(24,25)26/h1-2,5-7,10,13-15,29H,3-4,8-9H2/t13-,14?,15?/m0/s1. The lowest BCUT2D eigenvalue weighted by Gasteiger charge is -2.39. The van der Waals surface area contributed by atoms with Gasteiger partial charge in [0.2, 0.25) is 0 Å². The van der Waals surface area contributed by atoms with Crippen molar-refractivity contribution in [1.29, 1.82) is 0 Å². The molecule has 0 saturated carbocycles. The van der Waals surface area contributed by atoms with Crippen molar-refractivity contribution >= 4 is 5.82 Å². The number of alkyl halides is 6. The molecule has 2 aromatic rings. The summed E-state index contributed by atoms with van der Waals surface area (Å²) in [6.45, 7) is 0. The van der Waals surface area contributed by atoms with Crippen LogP contribution >= 0.6 is 0 Å². The molecular formula is C20H18F6N2O2. The van der Waals surface area contributed by atoms with Crippen LogP contribution in [-0.4, -0.2) is 28.3 Å². The van der Waals surface area contributed by atoms with Gasteiger partial charge in [0.25, 0.3) is 0 Å². The van der Waals surface area contributed by atoms with Crippen LogP contribution in [-0.2, 0) is 12.4 Å². The fourth-order valence-corrected chi connectivity index (χ4v) is 4.28. The van der Waals surface area contributed by atoms with Gasteiger partial charge in [-0.3, -0.25) is 0 Å². The van der Waals surface area contributed by atoms with Crippen molar-refractivity contribution in [3.63, 3.8) is 0 Å². The number of fused-ring (bicyclic) bond motifs is 2. The molecule has 1 aromatic heterocycles. The zero-order valence-electron chi connectivity index (χ0n) is 15.5. The van der Waals surface area contributed by atoms with Crippen molar-refractivity contribution in [2.24, 2.45) is 0 Å². The number of nitrogens with zero attached hydrogens (tertiary/aromatic N) is 2. The smallest absolute Gasteiger partial charge is 0.417 e. The van der Waals surface area contributed by atoms with Crippen LogP contribution in [0, 0.1) is 0 Å². The summed E-state index contributed by atoms with van der Waals surface area (Å²) in [6.07, 6.45) is -5.84. The van der Waals surface area contributed by atoms with Gasteiger partial charge in [-0.25, -0.2) is 4.98 Å². The van der Waals surface area contributed by atoms with Crippen molar-refractivity contribution in [3.8, 4) is 11.5 Å². The molecule has 2 bridgehead atoms. The lowest BCUT2D eigenvalue weighted by molar-refractivity contribution is -0.138. The Hall–Kier alpha value is -2.65. The van der Waals surface area contributed by atoms with Crippen LogP contribution in [0.25, 0.3) is 0 Å². The van der Waals surface area contributed by atoms with Crippen molar-refractivity contribution in [2.45, 2.75) is 56.2 Å². The first-order valence-electron chi connectivity index (χ1n) is 9.41. The molecule has 0 spiro atoms. The Morgan fingerprint density at radius 3 is 2.00 bits per heavy atom. The van der Waals surface area contributed by atoms with E-state index in [1.807, 2.05) is 4.90 Å². The fraction of sp³-hybridized carbons (Fsp3) is 0.450. The third kappa shape index (κ3) is 3.99. The molecule has 2 aliphatic heterocycles. The molecule has 3 atom stereocenters. The summed E-state index contributed by atoms with van der Waals surface area (Å²) in [5.41, 5.74) is -1.77. The summed E-state index contributed by atoms with van der Waals surface area (Å²) < 4.78 is 82.2. The number of phenols is 1. The minimum atomic E-state index is -4.56. The van der Waals surface area contributed by atoms with Crippen LogP contribution in [0.15, 0.2) is 36.5 Å². The summed E-state index contributed by atoms with van der Waals surface area (Å²) in [5.74, 6) is -0.135. The normalized spacial score (nSPS) is 24.2. The van der Waals surface area contributed by atoms with Gasteiger partial charge in [0.15, 0.2) is 11.5 Å². The first-order valence-corrected chi connectivity index (χ1v) is 9.41. The molecule has 3 heterocycles. The molecule has 1 aromatic carbocycles. The van der Waals surface area contributed by atoms with E-state index in [2.05, 4.69) is 4.98 Å². The second-order valence-electron chi connectivity index (χ2n) is 7.59. The molecule has 0 radical (unpaired) electrons. The number of pyridine rings is 1. The second-order valence-corrected chi connectivity index (χ2v) is 7.59. The number of anilines is 1. The number of hydrogen-bond acceptors (Lipinski definition) is 4. The van der Waals surface area contributed by atoms with Crippen LogP contribution in [0.1, 0.15) is 36.8 Å². The minimum Gasteiger partial charge on any atom is -0.504 e. The van der Waals surface area contributed by atoms with Gasteiger partial charge in [-0.2, -0.15) is 26.3 Å². The summed E-state index contributed by atoms with van der Waals surface area (Å²) in [5, 5.41) is 9.92. The van der Waals surface area contributed by atoms with Crippen LogP contribution in [0.3, 0.4) is 0 Å². The van der Waals surface area contributed by atoms with Crippen molar-refractivity contribution in [3.05, 3.63) is 47.7 Å². The van der Waals surface area contributed by atoms with E-state index >= 15 is 0 Å². The molecule has 2 saturated heterocycles. The van der Waals surface area contributed by atoms with Crippen LogP contribution < -0.4 is 9.64 Å². The van der Waals surface area contributed by atoms with E-state index < -0.39 is 29.2 Å². The molecule has 1 N–H and O–H groups in total. The molecule has 2 aliphatic rings. The maximum atomic E-state index is 12.8. The number of piperidine rings is 1. The molecule has 162 valence electrons. The van der Waals surface area contributed by atoms with E-state index in [1.165, 1.54) is 6.07 Å². The molecule has 0 amide bonds. The van der Waals surface area contributed by atoms with Gasteiger partial charge in [-0.05, 0) is 43.2 Å². The maximum absolute atomic E-state index is 12.8. The van der Waals surface area contributed by atoms with E-state index in [0.717, 1.165) is 37.2 Å². The molecule has 0 aliphatic carbocycles. The minimum absolute atomic E-state index is 0.00502. The highest BCUT2D eigenvalue weighted by atomic mass is 19.4. The monoisotopic (exact) mass is 432 g/mol. The Kier molecular flexibility index (Phi) is 4.98. The third-order valence-corrected chi connectivity index (χ3v) is 5.61. The van der Waals surface area contributed by atoms with Gasteiger partial charge in [0.1, 0.15) is 11.9 Å². The Bertz CT molecular complexity index is 899. The fourth-order valence-electron chi connectivity index (χ4n) is 4.28. The molecule has 2 unspecified atom stereocenters. The molecule has 4 rings (SSSR count). The van der Waals surface area contributed by atoms with Gasteiger partial charge in [-0.1, -0.05) is 0 Å². The number of aromatic hydroxyl groups is 1. The number of aromatic nitrogens is 1. The van der Waals surface area contributed by atoms with Gasteiger partial charge in [0, 0.05) is 31.1 Å². The molecule has 30 heavy (non-hydrogen) atoms. The van der Waals surface area contributed by atoms with Crippen molar-refractivity contribution < 1.29 is 36.2 Å². The highest BCUT2D eigenvalue weighted by Crippen LogP contribution is 2.42. The summed E-state index contributed by atoms with van der Waals surface area (Å²) >= 11 is 0. The number of phenolic OH excluding ortho intramolecular Hbond substituents is 1. The summed E-state index contributed by atoms with van der Waals surface area (Å²) in [6, 6.07) is 4.94. The number of halogens is 6. The van der Waals surface area contributed by atoms with Crippen LogP contribution in [0.2, 0.25) is 0 Å². The topological polar surface area (TPSA) is 45.6 Å². The average molecular weight is 432 g/mol. The Morgan fingerprint density at radius 1 is 0.900 bits per heavy atom. The lowest BCUT2D eigenvalue weighted by atomic mass is 9.99. The Morgan fingerprint density at radius 2 is 1.50 bits per heavy atom. The number of ether oxygens (including phenoxy) is 1. The van der Waals surface area contributed by atoms with E-state index in [-0.39, 0.29) is 23.9 Å². The maximum Gasteiger partial charge on any atom is 0.417 e. The molecule has 4 nitrogen and oxygen atoms in total. The quantitative estimate of drug-likeness (QED) is 0.660. The highest BCUT2D eigenvalue weighted by Gasteiger charge is 2.43. The SMILES string of the molecule is Oc1cc(C(F)(F)F)ccc1OC1CC2CC[C@@H](C1)N2c1ccc(C(F)(F)F)cn1. The molecule has 2 fully saturated rings. The van der Waals surface area contributed by atoms with Gasteiger partial charge in [0.05, 0.1) is 11.1 Å². The first-order chi connectivity index (χ1) is 14.0. The molecule has 10 heteroatoms. The zero-order valence-corrected chi connectivity index (χ0v) is 15.5. The van der Waals surface area contributed by atoms with E-state index in [1.54, 1.807) is 0 Å². The van der Waals surface area contributed by atoms with E-state index in [9.17, 15) is 31.4 Å². The molecular weight excluding hydrogens is 414 g/mol. The zero-order chi connectivity index (χ0) is 21.7. The van der Waals surface area contributed by atoms with Crippen molar-refractivity contribution in [1.82, 2.24) is 4.98 Å². The predicted molar refractivity (Wildman–Crippen MR) is 95.3 cm³/mol. The van der Waals surface area contributed by atoms with Gasteiger partial charge >= 0.3 is 12.4 Å². The van der Waals surface area contributed by atoms with Gasteiger partial charge in [-0.15, -0.1) is 0 Å². The van der Waals surface area contributed by atoms with Crippen LogP contribution in [0.4, 0.5) is 32.2 Å². The Balaban J connectivity index is 1.46. The summed E-state index contributed by atoms with van der Waals surface area (Å²) in [4.78, 5) is 5.98. The van der Waals surface area contributed by atoms with Crippen LogP contribution in [0.5, 0.6) is 11.5 Å². The second kappa shape index (κ2) is 7.24. The van der Waals surface area contributed by atoms with Crippen molar-refractivity contribution in [2.75, 3.05) is 4.90 Å². The predicted octanol–water partition coefficient (Wildman–Crippen LogP) is 5.40. The first kappa shape index (κ1) is 20.6. The number of benzene rings is 1. The largest absolute Gasteiger partial charge is 0.504 e. The summed E-state index contributed by atoms with van der Waals surface area (Å²) in [7, 11) is 0.